The zero-order chi connectivity index (χ0) is 11.1. The largest absolute Gasteiger partial charge is 0.382 e. The number of aryl methyl sites for hydroxylation is 1. The normalized spacial score (nSPS) is 13.0. The molecule has 1 atom stereocenters. The number of hydrogen-bond acceptors (Lipinski definition) is 4. The summed E-state index contributed by atoms with van der Waals surface area (Å²) in [5.41, 5.74) is 1.03. The van der Waals surface area contributed by atoms with E-state index in [1.165, 1.54) is 0 Å². The van der Waals surface area contributed by atoms with Gasteiger partial charge in [0.1, 0.15) is 0 Å². The van der Waals surface area contributed by atoms with Gasteiger partial charge in [0.2, 0.25) is 0 Å². The van der Waals surface area contributed by atoms with E-state index in [2.05, 4.69) is 10.4 Å². The third-order valence-electron chi connectivity index (χ3n) is 2.13. The topological polar surface area (TPSA) is 48.3 Å². The summed E-state index contributed by atoms with van der Waals surface area (Å²) in [6, 6.07) is 1.99. The van der Waals surface area contributed by atoms with Crippen molar-refractivity contribution in [1.82, 2.24) is 15.1 Å². The van der Waals surface area contributed by atoms with E-state index in [-0.39, 0.29) is 6.10 Å². The van der Waals surface area contributed by atoms with E-state index in [0.29, 0.717) is 6.61 Å². The van der Waals surface area contributed by atoms with Gasteiger partial charge in [-0.15, -0.1) is 0 Å². The van der Waals surface area contributed by atoms with Crippen LogP contribution in [0.2, 0.25) is 0 Å². The Morgan fingerprint density at radius 1 is 1.53 bits per heavy atom. The molecule has 0 spiro atoms. The molecule has 0 bridgehead atoms. The maximum absolute atomic E-state index is 5.22. The predicted octanol–water partition coefficient (Wildman–Crippen LogP) is 0.171. The highest BCUT2D eigenvalue weighted by Gasteiger charge is 2.06. The molecule has 0 saturated heterocycles. The van der Waals surface area contributed by atoms with Crippen molar-refractivity contribution in [2.24, 2.45) is 7.05 Å². The van der Waals surface area contributed by atoms with E-state index in [1.54, 1.807) is 18.9 Å². The van der Waals surface area contributed by atoms with Gasteiger partial charge in [0, 0.05) is 40.6 Å². The van der Waals surface area contributed by atoms with Gasteiger partial charge in [-0.25, -0.2) is 0 Å². The summed E-state index contributed by atoms with van der Waals surface area (Å²) < 4.78 is 12.0. The Balaban J connectivity index is 2.20. The van der Waals surface area contributed by atoms with Crippen LogP contribution < -0.4 is 5.32 Å². The molecule has 1 rings (SSSR count). The lowest BCUT2D eigenvalue weighted by molar-refractivity contribution is 0.0287. The molecule has 86 valence electrons. The Bertz CT molecular complexity index is 275. The van der Waals surface area contributed by atoms with Crippen molar-refractivity contribution < 1.29 is 9.47 Å². The molecule has 15 heavy (non-hydrogen) atoms. The van der Waals surface area contributed by atoms with Gasteiger partial charge in [-0.3, -0.25) is 4.68 Å². The molecule has 0 aromatic carbocycles. The van der Waals surface area contributed by atoms with E-state index < -0.39 is 0 Å². The minimum absolute atomic E-state index is 0.0960. The van der Waals surface area contributed by atoms with Crippen molar-refractivity contribution >= 4 is 0 Å². The van der Waals surface area contributed by atoms with E-state index in [4.69, 9.17) is 9.47 Å². The van der Waals surface area contributed by atoms with Crippen molar-refractivity contribution in [3.8, 4) is 0 Å². The number of hydrogen-bond donors (Lipinski definition) is 1. The van der Waals surface area contributed by atoms with Crippen LogP contribution in [0.4, 0.5) is 0 Å². The van der Waals surface area contributed by atoms with E-state index >= 15 is 0 Å². The van der Waals surface area contributed by atoms with Gasteiger partial charge in [0.25, 0.3) is 0 Å². The van der Waals surface area contributed by atoms with Gasteiger partial charge >= 0.3 is 0 Å². The number of nitrogens with one attached hydrogen (secondary N) is 1. The summed E-state index contributed by atoms with van der Waals surface area (Å²) >= 11 is 0. The number of aromatic nitrogens is 2. The fourth-order valence-corrected chi connectivity index (χ4v) is 1.31. The molecular formula is C10H19N3O2. The average Bonchev–Trinajstić information content (AvgIpc) is 2.63. The fourth-order valence-electron chi connectivity index (χ4n) is 1.31. The molecule has 0 saturated carbocycles. The smallest absolute Gasteiger partial charge is 0.0928 e. The molecule has 1 heterocycles. The van der Waals surface area contributed by atoms with E-state index in [9.17, 15) is 0 Å². The van der Waals surface area contributed by atoms with Crippen molar-refractivity contribution in [3.05, 3.63) is 18.0 Å². The van der Waals surface area contributed by atoms with Crippen molar-refractivity contribution in [2.75, 3.05) is 27.4 Å². The third kappa shape index (κ3) is 4.42. The second-order valence-electron chi connectivity index (χ2n) is 3.42. The van der Waals surface area contributed by atoms with E-state index in [0.717, 1.165) is 18.8 Å². The van der Waals surface area contributed by atoms with Gasteiger partial charge in [0.15, 0.2) is 0 Å². The summed E-state index contributed by atoms with van der Waals surface area (Å²) in [6.07, 6.45) is 2.03. The monoisotopic (exact) mass is 213 g/mol. The van der Waals surface area contributed by atoms with Crippen LogP contribution in [-0.2, 0) is 23.1 Å². The second-order valence-corrected chi connectivity index (χ2v) is 3.42. The quantitative estimate of drug-likeness (QED) is 0.701. The summed E-state index contributed by atoms with van der Waals surface area (Å²) in [5.74, 6) is 0. The van der Waals surface area contributed by atoms with Gasteiger partial charge in [0.05, 0.1) is 18.4 Å². The summed E-state index contributed by atoms with van der Waals surface area (Å²) in [7, 11) is 5.27. The lowest BCUT2D eigenvalue weighted by atomic mass is 10.3. The molecule has 0 radical (unpaired) electrons. The van der Waals surface area contributed by atoms with Gasteiger partial charge in [-0.1, -0.05) is 0 Å². The van der Waals surface area contributed by atoms with Crippen LogP contribution in [0, 0.1) is 0 Å². The number of nitrogens with zero attached hydrogens (tertiary/aromatic N) is 2. The molecule has 5 heteroatoms. The summed E-state index contributed by atoms with van der Waals surface area (Å²) in [5, 5.41) is 7.53. The fraction of sp³-hybridized carbons (Fsp3) is 0.700. The van der Waals surface area contributed by atoms with Crippen molar-refractivity contribution in [1.29, 1.82) is 0 Å². The molecule has 1 aromatic heterocycles. The lowest BCUT2D eigenvalue weighted by Crippen LogP contribution is -2.31. The molecule has 0 aliphatic carbocycles. The Morgan fingerprint density at radius 2 is 2.33 bits per heavy atom. The first-order valence-electron chi connectivity index (χ1n) is 4.97. The minimum atomic E-state index is 0.0960. The first kappa shape index (κ1) is 12.2. The standard InChI is InChI=1S/C10H19N3O2/c1-13-5-4-9(12-13)6-11-7-10(15-3)8-14-2/h4-5,10-11H,6-8H2,1-3H3. The minimum Gasteiger partial charge on any atom is -0.382 e. The molecule has 1 aromatic rings. The second kappa shape index (κ2) is 6.55. The van der Waals surface area contributed by atoms with Gasteiger partial charge in [-0.05, 0) is 6.07 Å². The average molecular weight is 213 g/mol. The van der Waals surface area contributed by atoms with Crippen molar-refractivity contribution in [2.45, 2.75) is 12.6 Å². The highest BCUT2D eigenvalue weighted by atomic mass is 16.5. The molecule has 0 amide bonds. The SMILES string of the molecule is COCC(CNCc1ccn(C)n1)OC. The number of ether oxygens (including phenoxy) is 2. The third-order valence-corrected chi connectivity index (χ3v) is 2.13. The van der Waals surface area contributed by atoms with Gasteiger partial charge < -0.3 is 14.8 Å². The summed E-state index contributed by atoms with van der Waals surface area (Å²) in [4.78, 5) is 0. The maximum Gasteiger partial charge on any atom is 0.0928 e. The lowest BCUT2D eigenvalue weighted by Gasteiger charge is -2.14. The molecule has 1 unspecified atom stereocenters. The van der Waals surface area contributed by atoms with Crippen LogP contribution in [0.25, 0.3) is 0 Å². The molecular weight excluding hydrogens is 194 g/mol. The Kier molecular flexibility index (Phi) is 5.31. The molecule has 1 N–H and O–H groups in total. The first-order valence-corrected chi connectivity index (χ1v) is 4.97. The zero-order valence-corrected chi connectivity index (χ0v) is 9.56. The Labute approximate surface area is 90.4 Å². The Morgan fingerprint density at radius 3 is 2.87 bits per heavy atom. The predicted molar refractivity (Wildman–Crippen MR) is 57.6 cm³/mol. The van der Waals surface area contributed by atoms with Crippen LogP contribution in [0.15, 0.2) is 12.3 Å². The highest BCUT2D eigenvalue weighted by molar-refractivity contribution is 4.97. The van der Waals surface area contributed by atoms with Crippen molar-refractivity contribution in [3.63, 3.8) is 0 Å². The first-order chi connectivity index (χ1) is 7.26. The number of methoxy groups -OCH3 is 2. The maximum atomic E-state index is 5.22. The highest BCUT2D eigenvalue weighted by Crippen LogP contribution is 1.94. The van der Waals surface area contributed by atoms with Crippen LogP contribution in [0.1, 0.15) is 5.69 Å². The van der Waals surface area contributed by atoms with E-state index in [1.807, 2.05) is 19.3 Å². The van der Waals surface area contributed by atoms with Crippen LogP contribution in [-0.4, -0.2) is 43.3 Å². The van der Waals surface area contributed by atoms with Crippen LogP contribution >= 0.6 is 0 Å². The number of rotatable bonds is 7. The molecule has 0 aliphatic heterocycles. The Hall–Kier alpha value is -0.910. The summed E-state index contributed by atoms with van der Waals surface area (Å²) in [6.45, 7) is 2.12. The van der Waals surface area contributed by atoms with Crippen LogP contribution in [0.3, 0.4) is 0 Å². The molecule has 0 fully saturated rings. The molecule has 0 aliphatic rings. The van der Waals surface area contributed by atoms with Crippen LogP contribution in [0.5, 0.6) is 0 Å². The van der Waals surface area contributed by atoms with Gasteiger partial charge in [-0.2, -0.15) is 5.10 Å². The zero-order valence-electron chi connectivity index (χ0n) is 9.56. The molecule has 5 nitrogen and oxygen atoms in total.